The molecule has 0 aromatic carbocycles. The highest BCUT2D eigenvalue weighted by Gasteiger charge is 2.25. The van der Waals surface area contributed by atoms with Gasteiger partial charge in [0.05, 0.1) is 45.5 Å². The van der Waals surface area contributed by atoms with Gasteiger partial charge in [-0.25, -0.2) is 0 Å². The van der Waals surface area contributed by atoms with E-state index >= 15 is 0 Å². The fraction of sp³-hybridized carbons (Fsp3) is 0.471. The molecule has 5 nitrogen and oxygen atoms in total. The maximum absolute atomic E-state index is 12.2. The van der Waals surface area contributed by atoms with Gasteiger partial charge in [-0.15, -0.1) is 0 Å². The Morgan fingerprint density at radius 2 is 1.86 bits per heavy atom. The lowest BCUT2D eigenvalue weighted by atomic mass is 10.3. The van der Waals surface area contributed by atoms with E-state index in [0.717, 1.165) is 39.3 Å². The van der Waals surface area contributed by atoms with Gasteiger partial charge in [-0.05, 0) is 38.1 Å². The molecule has 3 heterocycles. The van der Waals surface area contributed by atoms with E-state index in [1.54, 1.807) is 23.3 Å². The Morgan fingerprint density at radius 3 is 2.45 bits per heavy atom. The van der Waals surface area contributed by atoms with Crippen molar-refractivity contribution in [1.29, 1.82) is 0 Å². The van der Waals surface area contributed by atoms with E-state index in [1.165, 1.54) is 11.4 Å². The summed E-state index contributed by atoms with van der Waals surface area (Å²) in [6.45, 7) is 10.1. The average molecular weight is 302 g/mol. The zero-order chi connectivity index (χ0) is 15.5. The van der Waals surface area contributed by atoms with Crippen LogP contribution in [0.5, 0.6) is 0 Å². The molecule has 1 fully saturated rings. The highest BCUT2D eigenvalue weighted by atomic mass is 16.3. The minimum absolute atomic E-state index is 0.0150. The molecule has 3 rings (SSSR count). The van der Waals surface area contributed by atoms with Crippen LogP contribution >= 0.6 is 0 Å². The van der Waals surface area contributed by atoms with Crippen LogP contribution in [0.25, 0.3) is 0 Å². The van der Waals surface area contributed by atoms with Crippen molar-refractivity contribution in [3.63, 3.8) is 0 Å². The fourth-order valence-electron chi connectivity index (χ4n) is 3.15. The van der Waals surface area contributed by atoms with Crippen LogP contribution in [-0.2, 0) is 6.54 Å². The zero-order valence-corrected chi connectivity index (χ0v) is 13.3. The minimum atomic E-state index is 0.0150. The Hall–Kier alpha value is -2.01. The molecule has 22 heavy (non-hydrogen) atoms. The van der Waals surface area contributed by atoms with Gasteiger partial charge in [0.25, 0.3) is 5.91 Å². The Kier molecular flexibility index (Phi) is 4.34. The average Bonchev–Trinajstić information content (AvgIpc) is 3.17. The van der Waals surface area contributed by atoms with Crippen LogP contribution < -0.4 is 4.90 Å². The quantitative estimate of drug-likeness (QED) is 0.905. The second kappa shape index (κ2) is 6.40. The topological polar surface area (TPSA) is 42.8 Å². The van der Waals surface area contributed by atoms with Crippen LogP contribution in [-0.4, -0.2) is 48.1 Å². The van der Waals surface area contributed by atoms with Crippen LogP contribution in [0.15, 0.2) is 34.9 Å². The van der Waals surface area contributed by atoms with Crippen molar-refractivity contribution in [2.75, 3.05) is 32.7 Å². The standard InChI is InChI=1S/C17H23N3O2/c1-14-5-6-15(2)20(14)12-9-18-7-10-19(11-8-18)17(21)16-4-3-13-22-16/h3-6,13H,7-12H2,1-2H3/p+1. The van der Waals surface area contributed by atoms with Crippen LogP contribution in [0.1, 0.15) is 21.9 Å². The van der Waals surface area contributed by atoms with Crippen molar-refractivity contribution in [2.45, 2.75) is 20.4 Å². The van der Waals surface area contributed by atoms with Gasteiger partial charge in [-0.3, -0.25) is 4.79 Å². The lowest BCUT2D eigenvalue weighted by Gasteiger charge is -2.32. The normalized spacial score (nSPS) is 16.2. The first-order valence-electron chi connectivity index (χ1n) is 7.94. The third-order valence-corrected chi connectivity index (χ3v) is 4.60. The number of hydrogen-bond donors (Lipinski definition) is 1. The maximum atomic E-state index is 12.2. The van der Waals surface area contributed by atoms with Crippen LogP contribution in [0.2, 0.25) is 0 Å². The maximum Gasteiger partial charge on any atom is 0.289 e. The molecular formula is C17H24N3O2+. The first-order valence-corrected chi connectivity index (χ1v) is 7.94. The molecule has 0 radical (unpaired) electrons. The summed E-state index contributed by atoms with van der Waals surface area (Å²) in [7, 11) is 0. The summed E-state index contributed by atoms with van der Waals surface area (Å²) >= 11 is 0. The number of piperazine rings is 1. The molecular weight excluding hydrogens is 278 g/mol. The predicted molar refractivity (Wildman–Crippen MR) is 84.1 cm³/mol. The Labute approximate surface area is 131 Å². The number of furan rings is 1. The summed E-state index contributed by atoms with van der Waals surface area (Å²) in [6.07, 6.45) is 1.55. The third kappa shape index (κ3) is 3.09. The number of aryl methyl sites for hydroxylation is 2. The SMILES string of the molecule is Cc1ccc(C)n1CC[NH+]1CCN(C(=O)c2ccco2)CC1. The van der Waals surface area contributed by atoms with Gasteiger partial charge in [-0.1, -0.05) is 0 Å². The number of hydrogen-bond acceptors (Lipinski definition) is 2. The molecule has 1 saturated heterocycles. The molecule has 118 valence electrons. The molecule has 5 heteroatoms. The van der Waals surface area contributed by atoms with E-state index in [0.29, 0.717) is 5.76 Å². The first kappa shape index (κ1) is 14.9. The number of quaternary nitrogens is 1. The molecule has 0 unspecified atom stereocenters. The van der Waals surface area contributed by atoms with E-state index < -0.39 is 0 Å². The monoisotopic (exact) mass is 302 g/mol. The second-order valence-electron chi connectivity index (χ2n) is 6.04. The molecule has 0 bridgehead atoms. The van der Waals surface area contributed by atoms with Crippen molar-refractivity contribution >= 4 is 5.91 Å². The Bertz CT molecular complexity index is 603. The lowest BCUT2D eigenvalue weighted by molar-refractivity contribution is -0.904. The van der Waals surface area contributed by atoms with E-state index in [2.05, 4.69) is 30.5 Å². The zero-order valence-electron chi connectivity index (χ0n) is 13.3. The van der Waals surface area contributed by atoms with Gasteiger partial charge < -0.3 is 18.8 Å². The van der Waals surface area contributed by atoms with Gasteiger partial charge in [0.15, 0.2) is 5.76 Å². The van der Waals surface area contributed by atoms with E-state index in [1.807, 2.05) is 4.90 Å². The van der Waals surface area contributed by atoms with Gasteiger partial charge >= 0.3 is 0 Å². The summed E-state index contributed by atoms with van der Waals surface area (Å²) in [4.78, 5) is 15.7. The Morgan fingerprint density at radius 1 is 1.18 bits per heavy atom. The second-order valence-corrected chi connectivity index (χ2v) is 6.04. The molecule has 0 saturated carbocycles. The van der Waals surface area contributed by atoms with Crippen molar-refractivity contribution < 1.29 is 14.1 Å². The molecule has 1 N–H and O–H groups in total. The molecule has 1 amide bonds. The largest absolute Gasteiger partial charge is 0.459 e. The molecule has 0 spiro atoms. The fourth-order valence-corrected chi connectivity index (χ4v) is 3.15. The van der Waals surface area contributed by atoms with Gasteiger partial charge in [0.1, 0.15) is 0 Å². The first-order chi connectivity index (χ1) is 10.6. The van der Waals surface area contributed by atoms with Crippen molar-refractivity contribution in [3.05, 3.63) is 47.7 Å². The van der Waals surface area contributed by atoms with E-state index in [9.17, 15) is 4.79 Å². The minimum Gasteiger partial charge on any atom is -0.459 e. The third-order valence-electron chi connectivity index (χ3n) is 4.60. The number of rotatable bonds is 4. The highest BCUT2D eigenvalue weighted by Crippen LogP contribution is 2.07. The number of carbonyl (C=O) groups excluding carboxylic acids is 1. The molecule has 2 aromatic rings. The van der Waals surface area contributed by atoms with Gasteiger partial charge in [0, 0.05) is 11.4 Å². The summed E-state index contributed by atoms with van der Waals surface area (Å²) in [5, 5.41) is 0. The number of amides is 1. The summed E-state index contributed by atoms with van der Waals surface area (Å²) in [6, 6.07) is 7.84. The van der Waals surface area contributed by atoms with E-state index in [-0.39, 0.29) is 5.91 Å². The molecule has 1 aliphatic rings. The number of nitrogens with one attached hydrogen (secondary N) is 1. The summed E-state index contributed by atoms with van der Waals surface area (Å²) in [5.41, 5.74) is 2.65. The van der Waals surface area contributed by atoms with E-state index in [4.69, 9.17) is 4.42 Å². The van der Waals surface area contributed by atoms with Gasteiger partial charge in [-0.2, -0.15) is 0 Å². The smallest absolute Gasteiger partial charge is 0.289 e. The van der Waals surface area contributed by atoms with Crippen molar-refractivity contribution in [3.8, 4) is 0 Å². The van der Waals surface area contributed by atoms with Crippen LogP contribution in [0.3, 0.4) is 0 Å². The molecule has 2 aromatic heterocycles. The number of carbonyl (C=O) groups is 1. The van der Waals surface area contributed by atoms with Crippen molar-refractivity contribution in [1.82, 2.24) is 9.47 Å². The Balaban J connectivity index is 1.49. The summed E-state index contributed by atoms with van der Waals surface area (Å²) in [5.74, 6) is 0.461. The number of nitrogens with zero attached hydrogens (tertiary/aromatic N) is 2. The lowest BCUT2D eigenvalue weighted by Crippen LogP contribution is -3.15. The predicted octanol–water partition coefficient (Wildman–Crippen LogP) is 0.739. The molecule has 0 atom stereocenters. The van der Waals surface area contributed by atoms with Gasteiger partial charge in [0.2, 0.25) is 0 Å². The van der Waals surface area contributed by atoms with Crippen molar-refractivity contribution in [2.24, 2.45) is 0 Å². The summed E-state index contributed by atoms with van der Waals surface area (Å²) < 4.78 is 7.57. The van der Waals surface area contributed by atoms with Crippen LogP contribution in [0, 0.1) is 13.8 Å². The highest BCUT2D eigenvalue weighted by molar-refractivity contribution is 5.91. The molecule has 0 aliphatic carbocycles. The van der Waals surface area contributed by atoms with Crippen LogP contribution in [0.4, 0.5) is 0 Å². The number of aromatic nitrogens is 1. The molecule has 1 aliphatic heterocycles.